The van der Waals surface area contributed by atoms with E-state index in [0.717, 1.165) is 6.07 Å². The number of furan rings is 1. The molecule has 0 bridgehead atoms. The molecule has 0 fully saturated rings. The quantitative estimate of drug-likeness (QED) is 0.826. The van der Waals surface area contributed by atoms with Crippen molar-refractivity contribution in [2.24, 2.45) is 0 Å². The zero-order valence-electron chi connectivity index (χ0n) is 11.5. The zero-order valence-corrected chi connectivity index (χ0v) is 13.1. The van der Waals surface area contributed by atoms with Gasteiger partial charge in [-0.25, -0.2) is 9.18 Å². The second-order valence-electron chi connectivity index (χ2n) is 4.48. The van der Waals surface area contributed by atoms with Crippen LogP contribution < -0.4 is 5.32 Å². The van der Waals surface area contributed by atoms with E-state index >= 15 is 0 Å². The lowest BCUT2D eigenvalue weighted by atomic mass is 10.3. The maximum Gasteiger partial charge on any atom is 0.371 e. The Hall–Kier alpha value is -2.19. The van der Waals surface area contributed by atoms with Crippen molar-refractivity contribution >= 4 is 40.0 Å². The number of rotatable bonds is 6. The summed E-state index contributed by atoms with van der Waals surface area (Å²) in [5.41, 5.74) is 0.282. The third kappa shape index (κ3) is 4.90. The number of hydrogen-bond donors (Lipinski definition) is 2. The molecule has 1 aromatic heterocycles. The van der Waals surface area contributed by atoms with Gasteiger partial charge in [-0.1, -0.05) is 11.6 Å². The van der Waals surface area contributed by atoms with Crippen LogP contribution in [0, 0.1) is 5.82 Å². The number of carbonyl (C=O) groups excluding carboxylic acids is 1. The molecule has 1 heterocycles. The normalized spacial score (nSPS) is 11.9. The standard InChI is InChI=1S/C14H11ClFNO5S/c15-10-5-8(1-3-11(10)16)17-13(18)7-23(21)6-9-2-4-12(22-9)14(19)20/h1-5H,6-7H2,(H,17,18)(H,19,20). The Morgan fingerprint density at radius 2 is 2.04 bits per heavy atom. The van der Waals surface area contributed by atoms with Crippen LogP contribution in [0.25, 0.3) is 0 Å². The van der Waals surface area contributed by atoms with E-state index in [2.05, 4.69) is 5.32 Å². The monoisotopic (exact) mass is 359 g/mol. The summed E-state index contributed by atoms with van der Waals surface area (Å²) in [6.45, 7) is 0. The fourth-order valence-corrected chi connectivity index (χ4v) is 2.82. The highest BCUT2D eigenvalue weighted by atomic mass is 35.5. The summed E-state index contributed by atoms with van der Waals surface area (Å²) in [5, 5.41) is 11.0. The van der Waals surface area contributed by atoms with Gasteiger partial charge in [0.1, 0.15) is 17.3 Å². The van der Waals surface area contributed by atoms with Gasteiger partial charge in [-0.3, -0.25) is 9.00 Å². The van der Waals surface area contributed by atoms with Gasteiger partial charge in [0.05, 0.1) is 10.8 Å². The maximum atomic E-state index is 13.0. The van der Waals surface area contributed by atoms with Crippen molar-refractivity contribution in [1.82, 2.24) is 0 Å². The van der Waals surface area contributed by atoms with Gasteiger partial charge in [0.25, 0.3) is 0 Å². The van der Waals surface area contributed by atoms with Gasteiger partial charge >= 0.3 is 5.97 Å². The van der Waals surface area contributed by atoms with Gasteiger partial charge in [0.2, 0.25) is 11.7 Å². The number of hydrogen-bond acceptors (Lipinski definition) is 4. The van der Waals surface area contributed by atoms with Crippen molar-refractivity contribution in [3.63, 3.8) is 0 Å². The molecule has 0 aliphatic heterocycles. The Morgan fingerprint density at radius 3 is 2.65 bits per heavy atom. The molecule has 1 amide bonds. The van der Waals surface area contributed by atoms with Crippen molar-refractivity contribution in [1.29, 1.82) is 0 Å². The number of carbonyl (C=O) groups is 2. The topological polar surface area (TPSA) is 96.6 Å². The fourth-order valence-electron chi connectivity index (χ4n) is 1.70. The highest BCUT2D eigenvalue weighted by Crippen LogP contribution is 2.19. The smallest absolute Gasteiger partial charge is 0.371 e. The molecule has 1 atom stereocenters. The molecule has 0 spiro atoms. The Labute approximate surface area is 137 Å². The molecule has 0 radical (unpaired) electrons. The fraction of sp³-hybridized carbons (Fsp3) is 0.143. The van der Waals surface area contributed by atoms with Crippen LogP contribution in [0.2, 0.25) is 5.02 Å². The summed E-state index contributed by atoms with van der Waals surface area (Å²) in [5.74, 6) is -2.85. The van der Waals surface area contributed by atoms with E-state index in [0.29, 0.717) is 0 Å². The largest absolute Gasteiger partial charge is 0.475 e. The first kappa shape index (κ1) is 17.2. The third-order valence-corrected chi connectivity index (χ3v) is 4.15. The number of carboxylic acids is 1. The van der Waals surface area contributed by atoms with E-state index in [1.807, 2.05) is 0 Å². The average Bonchev–Trinajstić information content (AvgIpc) is 2.91. The number of benzene rings is 1. The molecule has 0 saturated carbocycles. The summed E-state index contributed by atoms with van der Waals surface area (Å²) in [7, 11) is -1.59. The van der Waals surface area contributed by atoms with Gasteiger partial charge in [0, 0.05) is 16.5 Å². The Bertz CT molecular complexity index is 776. The average molecular weight is 360 g/mol. The van der Waals surface area contributed by atoms with Crippen LogP contribution in [0.1, 0.15) is 16.3 Å². The predicted molar refractivity (Wildman–Crippen MR) is 82.4 cm³/mol. The molecular formula is C14H11ClFNO5S. The van der Waals surface area contributed by atoms with Gasteiger partial charge in [-0.15, -0.1) is 0 Å². The van der Waals surface area contributed by atoms with Crippen LogP contribution in [0.5, 0.6) is 0 Å². The van der Waals surface area contributed by atoms with Crippen LogP contribution in [0.15, 0.2) is 34.7 Å². The SMILES string of the molecule is O=C(CS(=O)Cc1ccc(C(=O)O)o1)Nc1ccc(F)c(Cl)c1. The lowest BCUT2D eigenvalue weighted by Gasteiger charge is -2.05. The predicted octanol–water partition coefficient (Wildman–Crippen LogP) is 2.66. The third-order valence-electron chi connectivity index (χ3n) is 2.67. The lowest BCUT2D eigenvalue weighted by molar-refractivity contribution is -0.113. The number of carboxylic acid groups (broad SMARTS) is 1. The number of anilines is 1. The van der Waals surface area contributed by atoms with Crippen molar-refractivity contribution < 1.29 is 27.7 Å². The molecule has 1 aromatic carbocycles. The maximum absolute atomic E-state index is 13.0. The second-order valence-corrected chi connectivity index (χ2v) is 6.34. The summed E-state index contributed by atoms with van der Waals surface area (Å²) >= 11 is 5.59. The van der Waals surface area contributed by atoms with Gasteiger partial charge < -0.3 is 14.8 Å². The molecule has 0 saturated heterocycles. The molecular weight excluding hydrogens is 349 g/mol. The minimum atomic E-state index is -1.59. The van der Waals surface area contributed by atoms with Crippen LogP contribution in [0.4, 0.5) is 10.1 Å². The first-order valence-electron chi connectivity index (χ1n) is 6.27. The van der Waals surface area contributed by atoms with Crippen molar-refractivity contribution in [3.8, 4) is 0 Å². The van der Waals surface area contributed by atoms with E-state index in [9.17, 15) is 18.2 Å². The molecule has 0 aliphatic rings. The first-order valence-corrected chi connectivity index (χ1v) is 8.13. The Balaban J connectivity index is 1.90. The van der Waals surface area contributed by atoms with E-state index in [1.54, 1.807) is 0 Å². The van der Waals surface area contributed by atoms with Crippen LogP contribution in [0.3, 0.4) is 0 Å². The molecule has 122 valence electrons. The van der Waals surface area contributed by atoms with E-state index in [-0.39, 0.29) is 33.7 Å². The molecule has 2 rings (SSSR count). The molecule has 9 heteroatoms. The molecule has 2 aromatic rings. The number of amides is 1. The summed E-state index contributed by atoms with van der Waals surface area (Å²) in [6.07, 6.45) is 0. The molecule has 6 nitrogen and oxygen atoms in total. The van der Waals surface area contributed by atoms with Crippen molar-refractivity contribution in [3.05, 3.63) is 52.7 Å². The van der Waals surface area contributed by atoms with Gasteiger partial charge in [0.15, 0.2) is 0 Å². The number of aromatic carboxylic acids is 1. The zero-order chi connectivity index (χ0) is 17.0. The summed E-state index contributed by atoms with van der Waals surface area (Å²) in [4.78, 5) is 22.4. The van der Waals surface area contributed by atoms with E-state index in [4.69, 9.17) is 21.1 Å². The molecule has 0 aliphatic carbocycles. The van der Waals surface area contributed by atoms with Crippen LogP contribution in [-0.2, 0) is 21.3 Å². The second kappa shape index (κ2) is 7.38. The number of halogens is 2. The van der Waals surface area contributed by atoms with Crippen LogP contribution >= 0.6 is 11.6 Å². The highest BCUT2D eigenvalue weighted by Gasteiger charge is 2.14. The first-order chi connectivity index (χ1) is 10.8. The van der Waals surface area contributed by atoms with E-state index < -0.39 is 28.5 Å². The molecule has 23 heavy (non-hydrogen) atoms. The molecule has 1 unspecified atom stereocenters. The minimum Gasteiger partial charge on any atom is -0.475 e. The summed E-state index contributed by atoms with van der Waals surface area (Å²) < 4.78 is 29.8. The Morgan fingerprint density at radius 1 is 1.30 bits per heavy atom. The lowest BCUT2D eigenvalue weighted by Crippen LogP contribution is -2.20. The van der Waals surface area contributed by atoms with Gasteiger partial charge in [-0.2, -0.15) is 0 Å². The number of nitrogens with one attached hydrogen (secondary N) is 1. The van der Waals surface area contributed by atoms with Crippen molar-refractivity contribution in [2.75, 3.05) is 11.1 Å². The molecule has 2 N–H and O–H groups in total. The van der Waals surface area contributed by atoms with Crippen LogP contribution in [-0.4, -0.2) is 26.9 Å². The van der Waals surface area contributed by atoms with E-state index in [1.165, 1.54) is 24.3 Å². The van der Waals surface area contributed by atoms with Crippen molar-refractivity contribution in [2.45, 2.75) is 5.75 Å². The van der Waals surface area contributed by atoms with Gasteiger partial charge in [-0.05, 0) is 30.3 Å². The Kier molecular flexibility index (Phi) is 5.51. The minimum absolute atomic E-state index is 0.0924. The summed E-state index contributed by atoms with van der Waals surface area (Å²) in [6, 6.07) is 6.30. The highest BCUT2D eigenvalue weighted by molar-refractivity contribution is 7.84.